The number of rotatable bonds is 3. The second-order valence-corrected chi connectivity index (χ2v) is 6.63. The minimum absolute atomic E-state index is 0.0984. The van der Waals surface area contributed by atoms with Crippen LogP contribution in [0.5, 0.6) is 0 Å². The molecule has 6 nitrogen and oxygen atoms in total. The lowest BCUT2D eigenvalue weighted by molar-refractivity contribution is -0.103. The summed E-state index contributed by atoms with van der Waals surface area (Å²) >= 11 is 3.15. The van der Waals surface area contributed by atoms with Crippen LogP contribution in [0.2, 0.25) is 0 Å². The maximum atomic E-state index is 12.0. The van der Waals surface area contributed by atoms with Crippen LogP contribution in [0.4, 0.5) is 0 Å². The lowest BCUT2D eigenvalue weighted by Gasteiger charge is -2.26. The third-order valence-electron chi connectivity index (χ3n) is 2.73. The summed E-state index contributed by atoms with van der Waals surface area (Å²) < 4.78 is 33.4. The zero-order chi connectivity index (χ0) is 14.2. The molecule has 104 valence electrons. The number of ether oxygens (including phenoxy) is 2. The molecule has 1 aliphatic heterocycles. The van der Waals surface area contributed by atoms with Crippen LogP contribution >= 0.6 is 15.9 Å². The number of carbonyl (C=O) groups excluding carboxylic acids is 1. The minimum Gasteiger partial charge on any atom is -0.454 e. The molecule has 1 aliphatic rings. The van der Waals surface area contributed by atoms with E-state index in [1.54, 1.807) is 0 Å². The molecule has 8 heteroatoms. The van der Waals surface area contributed by atoms with Crippen molar-refractivity contribution in [3.05, 3.63) is 27.7 Å². The molecular weight excluding hydrogens is 338 g/mol. The van der Waals surface area contributed by atoms with Crippen molar-refractivity contribution in [1.82, 2.24) is 0 Å². The molecule has 0 bridgehead atoms. The van der Waals surface area contributed by atoms with Crippen molar-refractivity contribution < 1.29 is 22.7 Å². The van der Waals surface area contributed by atoms with Crippen LogP contribution in [0.25, 0.3) is 0 Å². The summed E-state index contributed by atoms with van der Waals surface area (Å²) in [7, 11) is -3.89. The van der Waals surface area contributed by atoms with Gasteiger partial charge in [0.15, 0.2) is 0 Å². The van der Waals surface area contributed by atoms with Crippen molar-refractivity contribution in [3.8, 4) is 0 Å². The van der Waals surface area contributed by atoms with E-state index in [9.17, 15) is 13.2 Å². The predicted octanol–water partition coefficient (Wildman–Crippen LogP) is 0.961. The Balaban J connectivity index is 2.39. The first-order chi connectivity index (χ1) is 8.79. The van der Waals surface area contributed by atoms with Gasteiger partial charge in [-0.1, -0.05) is 15.9 Å². The van der Waals surface area contributed by atoms with Crippen LogP contribution < -0.4 is 5.14 Å². The Kier molecular flexibility index (Phi) is 3.95. The molecule has 2 rings (SSSR count). The molecule has 0 spiro atoms. The van der Waals surface area contributed by atoms with Crippen LogP contribution in [-0.4, -0.2) is 33.7 Å². The summed E-state index contributed by atoms with van der Waals surface area (Å²) in [6.07, 6.45) is -0.274. The van der Waals surface area contributed by atoms with Crippen molar-refractivity contribution >= 4 is 31.9 Å². The smallest absolute Gasteiger partial charge is 0.338 e. The monoisotopic (exact) mass is 349 g/mol. The number of hydrogen-bond acceptors (Lipinski definition) is 5. The van der Waals surface area contributed by atoms with Gasteiger partial charge in [-0.15, -0.1) is 0 Å². The summed E-state index contributed by atoms with van der Waals surface area (Å²) in [6.45, 7) is 2.24. The highest BCUT2D eigenvalue weighted by Gasteiger charge is 2.26. The highest BCUT2D eigenvalue weighted by atomic mass is 79.9. The van der Waals surface area contributed by atoms with E-state index < -0.39 is 16.0 Å². The summed E-state index contributed by atoms with van der Waals surface area (Å²) in [5.41, 5.74) is 0.446. The lowest BCUT2D eigenvalue weighted by Crippen LogP contribution is -2.38. The number of primary sulfonamides is 1. The Morgan fingerprint density at radius 2 is 2.11 bits per heavy atom. The highest BCUT2D eigenvalue weighted by molar-refractivity contribution is 9.10. The van der Waals surface area contributed by atoms with Crippen molar-refractivity contribution in [1.29, 1.82) is 0 Å². The van der Waals surface area contributed by atoms with Crippen molar-refractivity contribution in [3.63, 3.8) is 0 Å². The average Bonchev–Trinajstić information content (AvgIpc) is 2.24. The summed E-state index contributed by atoms with van der Waals surface area (Å²) in [5, 5.41) is 5.11. The van der Waals surface area contributed by atoms with Gasteiger partial charge in [-0.25, -0.2) is 18.4 Å². The molecule has 1 fully saturated rings. The van der Waals surface area contributed by atoms with Gasteiger partial charge in [0.2, 0.25) is 10.0 Å². The molecule has 19 heavy (non-hydrogen) atoms. The molecular formula is C11H12BrNO5S. The average molecular weight is 350 g/mol. The Bertz CT molecular complexity index is 624. The number of sulfonamides is 1. The van der Waals surface area contributed by atoms with Gasteiger partial charge in [-0.05, 0) is 24.6 Å². The molecule has 1 heterocycles. The van der Waals surface area contributed by atoms with Crippen molar-refractivity contribution in [2.24, 2.45) is 5.14 Å². The SMILES string of the molecule is Cc1c(C(=O)OC2COC2)cc(Br)cc1S(N)(=O)=O. The maximum absolute atomic E-state index is 12.0. The number of carbonyl (C=O) groups is 1. The van der Waals surface area contributed by atoms with E-state index in [1.165, 1.54) is 19.1 Å². The van der Waals surface area contributed by atoms with E-state index in [0.717, 1.165) is 0 Å². The Morgan fingerprint density at radius 3 is 2.58 bits per heavy atom. The zero-order valence-corrected chi connectivity index (χ0v) is 12.5. The molecule has 0 saturated carbocycles. The highest BCUT2D eigenvalue weighted by Crippen LogP contribution is 2.25. The Hall–Kier alpha value is -0.960. The van der Waals surface area contributed by atoms with Gasteiger partial charge in [0, 0.05) is 4.47 Å². The first kappa shape index (κ1) is 14.4. The van der Waals surface area contributed by atoms with E-state index in [0.29, 0.717) is 17.7 Å². The number of halogens is 1. The molecule has 0 unspecified atom stereocenters. The largest absolute Gasteiger partial charge is 0.454 e. The Labute approximate surface area is 119 Å². The maximum Gasteiger partial charge on any atom is 0.338 e. The van der Waals surface area contributed by atoms with Crippen molar-refractivity contribution in [2.45, 2.75) is 17.9 Å². The normalized spacial score (nSPS) is 15.9. The fraction of sp³-hybridized carbons (Fsp3) is 0.364. The third kappa shape index (κ3) is 3.14. The first-order valence-corrected chi connectivity index (χ1v) is 7.74. The topological polar surface area (TPSA) is 95.7 Å². The van der Waals surface area contributed by atoms with Gasteiger partial charge in [0.1, 0.15) is 6.10 Å². The molecule has 1 aromatic carbocycles. The molecule has 0 aromatic heterocycles. The fourth-order valence-electron chi connectivity index (χ4n) is 1.66. The molecule has 0 aliphatic carbocycles. The number of benzene rings is 1. The Morgan fingerprint density at radius 1 is 1.47 bits per heavy atom. The van der Waals surface area contributed by atoms with Gasteiger partial charge in [-0.2, -0.15) is 0 Å². The van der Waals surface area contributed by atoms with Crippen LogP contribution in [0.3, 0.4) is 0 Å². The second-order valence-electron chi connectivity index (χ2n) is 4.19. The number of nitrogens with two attached hydrogens (primary N) is 1. The van der Waals surface area contributed by atoms with Gasteiger partial charge >= 0.3 is 5.97 Å². The van der Waals surface area contributed by atoms with E-state index >= 15 is 0 Å². The summed E-state index contributed by atoms with van der Waals surface area (Å²) in [4.78, 5) is 11.9. The number of hydrogen-bond donors (Lipinski definition) is 1. The zero-order valence-electron chi connectivity index (χ0n) is 10.1. The molecule has 0 atom stereocenters. The van der Waals surface area contributed by atoms with E-state index in [2.05, 4.69) is 15.9 Å². The third-order valence-corrected chi connectivity index (χ3v) is 4.23. The van der Waals surface area contributed by atoms with Gasteiger partial charge in [0.25, 0.3) is 0 Å². The molecule has 2 N–H and O–H groups in total. The van der Waals surface area contributed by atoms with E-state index in [-0.39, 0.29) is 22.1 Å². The molecule has 0 amide bonds. The van der Waals surface area contributed by atoms with Crippen LogP contribution in [0.1, 0.15) is 15.9 Å². The van der Waals surface area contributed by atoms with E-state index in [4.69, 9.17) is 14.6 Å². The summed E-state index contributed by atoms with van der Waals surface area (Å²) in [6, 6.07) is 2.86. The molecule has 1 aromatic rings. The van der Waals surface area contributed by atoms with Gasteiger partial charge in [0.05, 0.1) is 23.7 Å². The second kappa shape index (κ2) is 5.20. The predicted molar refractivity (Wildman–Crippen MR) is 70.3 cm³/mol. The van der Waals surface area contributed by atoms with Crippen LogP contribution in [0.15, 0.2) is 21.5 Å². The quantitative estimate of drug-likeness (QED) is 0.820. The number of esters is 1. The van der Waals surface area contributed by atoms with Gasteiger partial charge < -0.3 is 9.47 Å². The van der Waals surface area contributed by atoms with Crippen LogP contribution in [-0.2, 0) is 19.5 Å². The first-order valence-electron chi connectivity index (χ1n) is 5.40. The molecule has 0 radical (unpaired) electrons. The lowest BCUT2D eigenvalue weighted by atomic mass is 10.1. The molecule has 1 saturated heterocycles. The van der Waals surface area contributed by atoms with Crippen LogP contribution in [0, 0.1) is 6.92 Å². The standard InChI is InChI=1S/C11H12BrNO5S/c1-6-9(11(14)18-8-4-17-5-8)2-7(12)3-10(6)19(13,15)16/h2-3,8H,4-5H2,1H3,(H2,13,15,16). The van der Waals surface area contributed by atoms with Gasteiger partial charge in [-0.3, -0.25) is 0 Å². The van der Waals surface area contributed by atoms with E-state index in [1.807, 2.05) is 0 Å². The van der Waals surface area contributed by atoms with Crippen molar-refractivity contribution in [2.75, 3.05) is 13.2 Å². The fourth-order valence-corrected chi connectivity index (χ4v) is 3.10. The summed E-state index contributed by atoms with van der Waals surface area (Å²) in [5.74, 6) is -0.586. The minimum atomic E-state index is -3.89.